The monoisotopic (exact) mass is 528 g/mol. The number of carbonyl (C=O) groups is 1. The summed E-state index contributed by atoms with van der Waals surface area (Å²) >= 11 is 6.38. The number of nitrogens with zero attached hydrogens (tertiary/aromatic N) is 2. The molecule has 0 aliphatic rings. The van der Waals surface area contributed by atoms with Crippen molar-refractivity contribution in [1.29, 1.82) is 0 Å². The van der Waals surface area contributed by atoms with Gasteiger partial charge >= 0.3 is 17.8 Å². The van der Waals surface area contributed by atoms with Crippen molar-refractivity contribution in [3.8, 4) is 17.0 Å². The Morgan fingerprint density at radius 2 is 1.94 bits per heavy atom. The minimum absolute atomic E-state index is 0.0311. The van der Waals surface area contributed by atoms with Crippen LogP contribution in [0.3, 0.4) is 0 Å². The lowest BCUT2D eigenvalue weighted by Gasteiger charge is -2.11. The fourth-order valence-corrected chi connectivity index (χ4v) is 3.51. The van der Waals surface area contributed by atoms with Crippen LogP contribution in [0.2, 0.25) is 5.02 Å². The number of aromatic nitrogens is 1. The number of methoxy groups -OCH3 is 1. The van der Waals surface area contributed by atoms with Gasteiger partial charge in [0.1, 0.15) is 18.1 Å². The molecular formula is C23H20ClF3N2O7. The summed E-state index contributed by atoms with van der Waals surface area (Å²) in [4.78, 5) is 21.7. The van der Waals surface area contributed by atoms with Gasteiger partial charge in [0, 0.05) is 17.2 Å². The Labute approximate surface area is 207 Å². The number of benzene rings is 2. The Balaban J connectivity index is 1.63. The largest absolute Gasteiger partial charge is 0.484 e. The maximum Gasteiger partial charge on any atom is 0.416 e. The number of nitro groups is 1. The highest BCUT2D eigenvalue weighted by atomic mass is 35.5. The lowest BCUT2D eigenvalue weighted by molar-refractivity contribution is -0.386. The average molecular weight is 529 g/mol. The van der Waals surface area contributed by atoms with Gasteiger partial charge in [-0.3, -0.25) is 14.9 Å². The van der Waals surface area contributed by atoms with Crippen LogP contribution in [0.5, 0.6) is 5.75 Å². The van der Waals surface area contributed by atoms with E-state index in [-0.39, 0.29) is 32.0 Å². The van der Waals surface area contributed by atoms with Crippen molar-refractivity contribution in [3.63, 3.8) is 0 Å². The normalized spacial score (nSPS) is 11.4. The van der Waals surface area contributed by atoms with Gasteiger partial charge < -0.3 is 18.7 Å². The number of alkyl halides is 3. The van der Waals surface area contributed by atoms with Gasteiger partial charge in [-0.2, -0.15) is 13.2 Å². The van der Waals surface area contributed by atoms with Crippen molar-refractivity contribution in [2.45, 2.75) is 26.1 Å². The summed E-state index contributed by atoms with van der Waals surface area (Å²) in [5, 5.41) is 15.5. The Morgan fingerprint density at radius 1 is 1.19 bits per heavy atom. The molecule has 13 heteroatoms. The van der Waals surface area contributed by atoms with E-state index in [1.54, 1.807) is 25.1 Å². The first-order valence-corrected chi connectivity index (χ1v) is 10.8. The van der Waals surface area contributed by atoms with Crippen molar-refractivity contribution in [1.82, 2.24) is 5.16 Å². The van der Waals surface area contributed by atoms with E-state index < -0.39 is 28.3 Å². The van der Waals surface area contributed by atoms with Crippen molar-refractivity contribution < 1.29 is 41.6 Å². The van der Waals surface area contributed by atoms with E-state index >= 15 is 0 Å². The molecule has 0 N–H and O–H groups in total. The first-order valence-electron chi connectivity index (χ1n) is 10.4. The van der Waals surface area contributed by atoms with Gasteiger partial charge in [-0.25, -0.2) is 0 Å². The van der Waals surface area contributed by atoms with Crippen LogP contribution in [0.1, 0.15) is 22.5 Å². The van der Waals surface area contributed by atoms with Gasteiger partial charge in [-0.05, 0) is 30.7 Å². The van der Waals surface area contributed by atoms with E-state index in [1.165, 1.54) is 7.11 Å². The number of esters is 1. The maximum absolute atomic E-state index is 12.8. The third kappa shape index (κ3) is 6.52. The quantitative estimate of drug-likeness (QED) is 0.146. The summed E-state index contributed by atoms with van der Waals surface area (Å²) in [6.45, 7) is 1.52. The molecule has 3 rings (SSSR count). The molecule has 1 aromatic heterocycles. The first-order chi connectivity index (χ1) is 17.0. The van der Waals surface area contributed by atoms with Gasteiger partial charge in [-0.1, -0.05) is 28.9 Å². The van der Waals surface area contributed by atoms with Gasteiger partial charge in [0.25, 0.3) is 0 Å². The van der Waals surface area contributed by atoms with Gasteiger partial charge in [-0.15, -0.1) is 0 Å². The standard InChI is InChI=1S/C23H20ClF3N2O7/c1-13-17(22(28-36-13)16-5-3-14(9-18(16)24)10-21(30)33-2)12-34-7-8-35-20-6-4-15(23(25,26)27)11-19(20)29(31)32/h3-6,9,11H,7-8,10,12H2,1-2H3. The molecule has 0 amide bonds. The third-order valence-electron chi connectivity index (χ3n) is 5.06. The summed E-state index contributed by atoms with van der Waals surface area (Å²) in [7, 11) is 1.29. The van der Waals surface area contributed by atoms with E-state index in [0.717, 1.165) is 6.07 Å². The molecule has 2 aromatic carbocycles. The van der Waals surface area contributed by atoms with Crippen molar-refractivity contribution in [3.05, 3.63) is 74.0 Å². The molecule has 0 unspecified atom stereocenters. The van der Waals surface area contributed by atoms with Gasteiger partial charge in [0.2, 0.25) is 0 Å². The molecule has 0 saturated heterocycles. The highest BCUT2D eigenvalue weighted by molar-refractivity contribution is 6.33. The fraction of sp³-hybridized carbons (Fsp3) is 0.304. The molecule has 0 atom stereocenters. The highest BCUT2D eigenvalue weighted by Gasteiger charge is 2.33. The number of nitro benzene ring substituents is 1. The fourth-order valence-electron chi connectivity index (χ4n) is 3.22. The summed E-state index contributed by atoms with van der Waals surface area (Å²) < 4.78 is 59.2. The molecule has 0 radical (unpaired) electrons. The third-order valence-corrected chi connectivity index (χ3v) is 5.38. The maximum atomic E-state index is 12.8. The van der Waals surface area contributed by atoms with Crippen LogP contribution in [-0.2, 0) is 33.5 Å². The number of hydrogen-bond donors (Lipinski definition) is 0. The second-order valence-corrected chi connectivity index (χ2v) is 7.88. The zero-order chi connectivity index (χ0) is 26.5. The predicted molar refractivity (Wildman–Crippen MR) is 121 cm³/mol. The number of rotatable bonds is 10. The molecule has 0 fully saturated rings. The number of aryl methyl sites for hydroxylation is 1. The van der Waals surface area contributed by atoms with Crippen LogP contribution in [0.25, 0.3) is 11.3 Å². The number of halogens is 4. The summed E-state index contributed by atoms with van der Waals surface area (Å²) in [5.41, 5.74) is 0.289. The smallest absolute Gasteiger partial charge is 0.416 e. The lowest BCUT2D eigenvalue weighted by Crippen LogP contribution is -2.10. The van der Waals surface area contributed by atoms with Crippen LogP contribution in [-0.4, -0.2) is 36.4 Å². The second-order valence-electron chi connectivity index (χ2n) is 7.47. The molecule has 1 heterocycles. The second kappa shape index (κ2) is 11.4. The number of ether oxygens (including phenoxy) is 3. The minimum Gasteiger partial charge on any atom is -0.484 e. The Morgan fingerprint density at radius 3 is 2.58 bits per heavy atom. The van der Waals surface area contributed by atoms with Crippen LogP contribution in [0, 0.1) is 17.0 Å². The number of carbonyl (C=O) groups excluding carboxylic acids is 1. The highest BCUT2D eigenvalue weighted by Crippen LogP contribution is 2.36. The topological polar surface area (TPSA) is 114 Å². The van der Waals surface area contributed by atoms with E-state index in [4.69, 9.17) is 25.6 Å². The first kappa shape index (κ1) is 27.0. The average Bonchev–Trinajstić information content (AvgIpc) is 3.18. The Kier molecular flexibility index (Phi) is 8.53. The molecule has 0 aliphatic carbocycles. The zero-order valence-electron chi connectivity index (χ0n) is 19.1. The minimum atomic E-state index is -4.72. The number of hydrogen-bond acceptors (Lipinski definition) is 8. The van der Waals surface area contributed by atoms with Crippen LogP contribution in [0.15, 0.2) is 40.9 Å². The lowest BCUT2D eigenvalue weighted by atomic mass is 10.0. The predicted octanol–water partition coefficient (Wildman–Crippen LogP) is 5.54. The molecule has 9 nitrogen and oxygen atoms in total. The van der Waals surface area contributed by atoms with E-state index in [2.05, 4.69) is 9.89 Å². The van der Waals surface area contributed by atoms with Crippen molar-refractivity contribution >= 4 is 23.3 Å². The molecule has 3 aromatic rings. The zero-order valence-corrected chi connectivity index (χ0v) is 19.8. The van der Waals surface area contributed by atoms with Crippen LogP contribution in [0.4, 0.5) is 18.9 Å². The van der Waals surface area contributed by atoms with E-state index in [9.17, 15) is 28.1 Å². The van der Waals surface area contributed by atoms with E-state index in [0.29, 0.717) is 45.3 Å². The SMILES string of the molecule is COC(=O)Cc1ccc(-c2noc(C)c2COCCOc2ccc(C(F)(F)F)cc2[N+](=O)[O-])c(Cl)c1. The molecular weight excluding hydrogens is 509 g/mol. The van der Waals surface area contributed by atoms with Crippen molar-refractivity contribution in [2.24, 2.45) is 0 Å². The van der Waals surface area contributed by atoms with Crippen molar-refractivity contribution in [2.75, 3.05) is 20.3 Å². The Hall–Kier alpha value is -3.64. The molecule has 0 spiro atoms. The molecule has 36 heavy (non-hydrogen) atoms. The molecule has 0 aliphatic heterocycles. The van der Waals surface area contributed by atoms with E-state index in [1.807, 2.05) is 0 Å². The summed E-state index contributed by atoms with van der Waals surface area (Å²) in [6, 6.07) is 7.04. The van der Waals surface area contributed by atoms with Gasteiger partial charge in [0.05, 0.1) is 42.3 Å². The van der Waals surface area contributed by atoms with Crippen LogP contribution < -0.4 is 4.74 Å². The molecule has 0 bridgehead atoms. The molecule has 192 valence electrons. The van der Waals surface area contributed by atoms with Gasteiger partial charge in [0.15, 0.2) is 5.75 Å². The molecule has 0 saturated carbocycles. The Bertz CT molecular complexity index is 1260. The summed E-state index contributed by atoms with van der Waals surface area (Å²) in [6.07, 6.45) is -4.66. The van der Waals surface area contributed by atoms with Crippen LogP contribution >= 0.6 is 11.6 Å². The summed E-state index contributed by atoms with van der Waals surface area (Å²) in [5.74, 6) is -0.245.